The van der Waals surface area contributed by atoms with E-state index in [1.807, 2.05) is 6.92 Å². The number of carbonyl (C=O) groups excluding carboxylic acids is 2. The number of hydrogen-bond donors (Lipinski definition) is 3. The summed E-state index contributed by atoms with van der Waals surface area (Å²) in [4.78, 5) is 28.4. The normalized spacial score (nSPS) is 16.8. The third-order valence-corrected chi connectivity index (χ3v) is 4.56. The summed E-state index contributed by atoms with van der Waals surface area (Å²) in [5, 5.41) is 8.26. The molecule has 1 unspecified atom stereocenters. The number of nitrogens with zero attached hydrogens (tertiary/aromatic N) is 1. The second-order valence-corrected chi connectivity index (χ2v) is 6.31. The molecule has 1 saturated heterocycles. The lowest BCUT2D eigenvalue weighted by Gasteiger charge is -2.06. The van der Waals surface area contributed by atoms with E-state index in [9.17, 15) is 14.0 Å². The molecule has 0 spiro atoms. The number of anilines is 1. The van der Waals surface area contributed by atoms with E-state index in [0.717, 1.165) is 16.1 Å². The van der Waals surface area contributed by atoms with Gasteiger partial charge in [-0.1, -0.05) is 12.1 Å². The lowest BCUT2D eigenvalue weighted by molar-refractivity contribution is -0.117. The van der Waals surface area contributed by atoms with Crippen LogP contribution in [0.5, 0.6) is 0 Å². The Balaban J connectivity index is 1.67. The number of amides is 3. The van der Waals surface area contributed by atoms with E-state index in [4.69, 9.17) is 0 Å². The molecule has 3 amide bonds. The second kappa shape index (κ2) is 6.33. The van der Waals surface area contributed by atoms with E-state index in [0.29, 0.717) is 11.6 Å². The van der Waals surface area contributed by atoms with Crippen molar-refractivity contribution in [1.29, 1.82) is 0 Å². The molecular formula is C15H15FN4O2S. The Bertz CT molecular complexity index is 744. The Hall–Kier alpha value is -2.48. The lowest BCUT2D eigenvalue weighted by atomic mass is 10.1. The quantitative estimate of drug-likeness (QED) is 0.797. The van der Waals surface area contributed by atoms with Crippen molar-refractivity contribution in [2.24, 2.45) is 0 Å². The molecule has 3 rings (SSSR count). The van der Waals surface area contributed by atoms with Gasteiger partial charge < -0.3 is 16.0 Å². The number of urea groups is 1. The highest BCUT2D eigenvalue weighted by molar-refractivity contribution is 7.15. The summed E-state index contributed by atoms with van der Waals surface area (Å²) in [6.07, 6.45) is 0.626. The fourth-order valence-corrected chi connectivity index (χ4v) is 3.24. The van der Waals surface area contributed by atoms with Gasteiger partial charge in [0, 0.05) is 17.8 Å². The number of aromatic nitrogens is 1. The molecule has 0 bridgehead atoms. The number of hydrogen-bond acceptors (Lipinski definition) is 4. The summed E-state index contributed by atoms with van der Waals surface area (Å²) in [6.45, 7) is 2.13. The maximum atomic E-state index is 12.9. The van der Waals surface area contributed by atoms with Gasteiger partial charge in [-0.15, -0.1) is 11.3 Å². The van der Waals surface area contributed by atoms with E-state index in [-0.39, 0.29) is 24.3 Å². The van der Waals surface area contributed by atoms with Crippen LogP contribution in [0.1, 0.15) is 16.1 Å². The number of thiazole rings is 1. The first-order chi connectivity index (χ1) is 11.0. The highest BCUT2D eigenvalue weighted by Crippen LogP contribution is 2.25. The molecule has 1 aromatic heterocycles. The largest absolute Gasteiger partial charge is 0.336 e. The van der Waals surface area contributed by atoms with E-state index >= 15 is 0 Å². The molecule has 1 aliphatic rings. The highest BCUT2D eigenvalue weighted by atomic mass is 32.1. The molecule has 8 heteroatoms. The minimum Gasteiger partial charge on any atom is -0.336 e. The van der Waals surface area contributed by atoms with Gasteiger partial charge in [0.1, 0.15) is 11.9 Å². The van der Waals surface area contributed by atoms with Crippen LogP contribution in [0, 0.1) is 12.7 Å². The van der Waals surface area contributed by atoms with Gasteiger partial charge in [0.05, 0.1) is 5.69 Å². The molecule has 0 radical (unpaired) electrons. The SMILES string of the molecule is Cc1nc(NC(=O)C2CNC(=O)N2)sc1Cc1ccc(F)cc1. The molecule has 3 N–H and O–H groups in total. The molecule has 1 atom stereocenters. The number of rotatable bonds is 4. The summed E-state index contributed by atoms with van der Waals surface area (Å²) in [6, 6.07) is 5.36. The lowest BCUT2D eigenvalue weighted by Crippen LogP contribution is -2.38. The van der Waals surface area contributed by atoms with Gasteiger partial charge in [-0.25, -0.2) is 14.2 Å². The van der Waals surface area contributed by atoms with Crippen LogP contribution in [-0.2, 0) is 11.2 Å². The monoisotopic (exact) mass is 334 g/mol. The van der Waals surface area contributed by atoms with Crippen molar-refractivity contribution in [3.8, 4) is 0 Å². The number of carbonyl (C=O) groups is 2. The zero-order valence-corrected chi connectivity index (χ0v) is 13.2. The second-order valence-electron chi connectivity index (χ2n) is 5.23. The molecule has 0 aliphatic carbocycles. The molecule has 6 nitrogen and oxygen atoms in total. The summed E-state index contributed by atoms with van der Waals surface area (Å²) >= 11 is 1.38. The minimum atomic E-state index is -0.591. The Morgan fingerprint density at radius 3 is 2.83 bits per heavy atom. The topological polar surface area (TPSA) is 83.1 Å². The molecule has 2 heterocycles. The van der Waals surface area contributed by atoms with Crippen molar-refractivity contribution < 1.29 is 14.0 Å². The first kappa shape index (κ1) is 15.4. The third-order valence-electron chi connectivity index (χ3n) is 3.49. The minimum absolute atomic E-state index is 0.261. The Labute approximate surface area is 136 Å². The van der Waals surface area contributed by atoms with Gasteiger partial charge in [0.15, 0.2) is 5.13 Å². The molecule has 1 aliphatic heterocycles. The third kappa shape index (κ3) is 3.65. The van der Waals surface area contributed by atoms with Crippen LogP contribution >= 0.6 is 11.3 Å². The van der Waals surface area contributed by atoms with Crippen LogP contribution in [0.3, 0.4) is 0 Å². The van der Waals surface area contributed by atoms with Gasteiger partial charge in [-0.05, 0) is 24.6 Å². The van der Waals surface area contributed by atoms with Gasteiger partial charge in [0.25, 0.3) is 5.91 Å². The maximum absolute atomic E-state index is 12.9. The first-order valence-electron chi connectivity index (χ1n) is 7.07. The van der Waals surface area contributed by atoms with Crippen LogP contribution in [0.15, 0.2) is 24.3 Å². The zero-order valence-electron chi connectivity index (χ0n) is 12.4. The van der Waals surface area contributed by atoms with Crippen molar-refractivity contribution in [3.05, 3.63) is 46.2 Å². The average molecular weight is 334 g/mol. The van der Waals surface area contributed by atoms with Crippen LogP contribution in [0.4, 0.5) is 14.3 Å². The highest BCUT2D eigenvalue weighted by Gasteiger charge is 2.27. The maximum Gasteiger partial charge on any atom is 0.315 e. The van der Waals surface area contributed by atoms with E-state index in [2.05, 4.69) is 20.9 Å². The van der Waals surface area contributed by atoms with E-state index < -0.39 is 6.04 Å². The summed E-state index contributed by atoms with van der Waals surface area (Å²) in [5.74, 6) is -0.569. The van der Waals surface area contributed by atoms with Crippen LogP contribution in [0.25, 0.3) is 0 Å². The number of aryl methyl sites for hydroxylation is 1. The summed E-state index contributed by atoms with van der Waals surface area (Å²) in [5.41, 5.74) is 1.80. The van der Waals surface area contributed by atoms with Gasteiger partial charge in [-0.3, -0.25) is 4.79 Å². The molecule has 1 aromatic carbocycles. The molecule has 2 aromatic rings. The van der Waals surface area contributed by atoms with Crippen molar-refractivity contribution >= 4 is 28.4 Å². The molecule has 0 saturated carbocycles. The Morgan fingerprint density at radius 2 is 2.17 bits per heavy atom. The fraction of sp³-hybridized carbons (Fsp3) is 0.267. The standard InChI is InChI=1S/C15H15FN4O2S/c1-8-12(6-9-2-4-10(16)5-3-9)23-15(18-8)20-13(21)11-7-17-14(22)19-11/h2-5,11H,6-7H2,1H3,(H2,17,19,22)(H,18,20,21). The Morgan fingerprint density at radius 1 is 1.43 bits per heavy atom. The van der Waals surface area contributed by atoms with Crippen molar-refractivity contribution in [3.63, 3.8) is 0 Å². The molecule has 1 fully saturated rings. The predicted octanol–water partition coefficient (Wildman–Crippen LogP) is 1.80. The smallest absolute Gasteiger partial charge is 0.315 e. The van der Waals surface area contributed by atoms with Crippen LogP contribution < -0.4 is 16.0 Å². The number of halogens is 1. The average Bonchev–Trinajstić information content (AvgIpc) is 3.08. The van der Waals surface area contributed by atoms with Gasteiger partial charge in [0.2, 0.25) is 0 Å². The van der Waals surface area contributed by atoms with Crippen molar-refractivity contribution in [2.45, 2.75) is 19.4 Å². The summed E-state index contributed by atoms with van der Waals surface area (Å²) in [7, 11) is 0. The van der Waals surface area contributed by atoms with E-state index in [1.54, 1.807) is 12.1 Å². The zero-order chi connectivity index (χ0) is 16.4. The Kier molecular flexibility index (Phi) is 4.24. The van der Waals surface area contributed by atoms with Gasteiger partial charge >= 0.3 is 6.03 Å². The fourth-order valence-electron chi connectivity index (χ4n) is 2.24. The van der Waals surface area contributed by atoms with Crippen molar-refractivity contribution in [1.82, 2.24) is 15.6 Å². The van der Waals surface area contributed by atoms with Crippen molar-refractivity contribution in [2.75, 3.05) is 11.9 Å². The van der Waals surface area contributed by atoms with Crippen LogP contribution in [0.2, 0.25) is 0 Å². The van der Waals surface area contributed by atoms with Gasteiger partial charge in [-0.2, -0.15) is 0 Å². The summed E-state index contributed by atoms with van der Waals surface area (Å²) < 4.78 is 12.9. The predicted molar refractivity (Wildman–Crippen MR) is 85.0 cm³/mol. The molecule has 120 valence electrons. The molecular weight excluding hydrogens is 319 g/mol. The molecule has 23 heavy (non-hydrogen) atoms. The number of nitrogens with one attached hydrogen (secondary N) is 3. The van der Waals surface area contributed by atoms with Crippen LogP contribution in [-0.4, -0.2) is 29.5 Å². The first-order valence-corrected chi connectivity index (χ1v) is 7.89. The number of benzene rings is 1. The van der Waals surface area contributed by atoms with E-state index in [1.165, 1.54) is 23.5 Å².